The van der Waals surface area contributed by atoms with Gasteiger partial charge in [-0.2, -0.15) is 0 Å². The highest BCUT2D eigenvalue weighted by molar-refractivity contribution is 7.70. The number of aryl methyl sites for hydroxylation is 2. The van der Waals surface area contributed by atoms with Gasteiger partial charge in [0, 0.05) is 35.7 Å². The maximum atomic E-state index is 12.9. The van der Waals surface area contributed by atoms with Gasteiger partial charge in [-0.25, -0.2) is 4.98 Å². The van der Waals surface area contributed by atoms with E-state index in [1.807, 2.05) is 49.5 Å². The second-order valence-corrected chi connectivity index (χ2v) is 13.2. The lowest BCUT2D eigenvalue weighted by Gasteiger charge is -2.17. The minimum absolute atomic E-state index is 0.255. The summed E-state index contributed by atoms with van der Waals surface area (Å²) in [6, 6.07) is 16.1. The van der Waals surface area contributed by atoms with Crippen LogP contribution in [0.15, 0.2) is 54.7 Å². The highest BCUT2D eigenvalue weighted by Gasteiger charge is 2.22. The molecular weight excluding hydrogens is 455 g/mol. The number of anilines is 2. The number of ether oxygens (including phenoxy) is 1. The van der Waals surface area contributed by atoms with Gasteiger partial charge in [0.05, 0.1) is 11.4 Å². The lowest BCUT2D eigenvalue weighted by Crippen LogP contribution is -2.21. The fourth-order valence-electron chi connectivity index (χ4n) is 4.92. The summed E-state index contributed by atoms with van der Waals surface area (Å²) < 4.78 is 19.1. The van der Waals surface area contributed by atoms with Crippen LogP contribution in [0.5, 0.6) is 5.75 Å². The highest BCUT2D eigenvalue weighted by Crippen LogP contribution is 2.41. The third-order valence-electron chi connectivity index (χ3n) is 6.80. The molecule has 0 amide bonds. The first kappa shape index (κ1) is 23.7. The van der Waals surface area contributed by atoms with Crippen molar-refractivity contribution in [1.29, 1.82) is 0 Å². The van der Waals surface area contributed by atoms with Crippen LogP contribution in [0.3, 0.4) is 0 Å². The van der Waals surface area contributed by atoms with Gasteiger partial charge in [-0.1, -0.05) is 12.1 Å². The van der Waals surface area contributed by atoms with Crippen LogP contribution in [0.25, 0.3) is 22.3 Å². The van der Waals surface area contributed by atoms with Gasteiger partial charge in [0.15, 0.2) is 0 Å². The van der Waals surface area contributed by atoms with E-state index in [1.54, 1.807) is 13.3 Å². The summed E-state index contributed by atoms with van der Waals surface area (Å²) in [5.74, 6) is 0.902. The molecular formula is C28H33N4O2P. The summed E-state index contributed by atoms with van der Waals surface area (Å²) in [6.45, 7) is 9.83. The van der Waals surface area contributed by atoms with E-state index in [9.17, 15) is 4.57 Å². The predicted molar refractivity (Wildman–Crippen MR) is 146 cm³/mol. The molecule has 0 aliphatic carbocycles. The zero-order valence-corrected chi connectivity index (χ0v) is 21.9. The molecule has 182 valence electrons. The standard InChI is InChI=1S/C28H33N4O2P/c1-18-16-29-28-25(26(18)30-23-8-6-7-9-24(23)35(4,5)33)19(2)27(31-28)20-10-12-21(13-11-20)34-22-14-15-32(3)17-22/h6-13,16,22H,14-15,17H2,1-5H3,(H2,29,30,31). The number of nitrogens with zero attached hydrogens (tertiary/aromatic N) is 2. The first-order valence-electron chi connectivity index (χ1n) is 12.1. The topological polar surface area (TPSA) is 70.2 Å². The number of aromatic amines is 1. The Hall–Kier alpha value is -3.08. The quantitative estimate of drug-likeness (QED) is 0.330. The number of aromatic nitrogens is 2. The Balaban J connectivity index is 1.50. The molecule has 0 saturated carbocycles. The van der Waals surface area contributed by atoms with Gasteiger partial charge in [-0.3, -0.25) is 0 Å². The van der Waals surface area contributed by atoms with Crippen LogP contribution in [-0.4, -0.2) is 54.4 Å². The van der Waals surface area contributed by atoms with Crippen LogP contribution in [0, 0.1) is 13.8 Å². The number of H-pyrrole nitrogens is 1. The van der Waals surface area contributed by atoms with Crippen LogP contribution >= 0.6 is 7.14 Å². The Kier molecular flexibility index (Phi) is 6.20. The fourth-order valence-corrected chi connectivity index (χ4v) is 6.08. The van der Waals surface area contributed by atoms with Crippen LogP contribution in [0.4, 0.5) is 11.4 Å². The molecule has 1 saturated heterocycles. The molecule has 1 unspecified atom stereocenters. The summed E-state index contributed by atoms with van der Waals surface area (Å²) in [5, 5.41) is 5.49. The third-order valence-corrected chi connectivity index (χ3v) is 8.35. The normalized spacial score (nSPS) is 16.7. The van der Waals surface area contributed by atoms with Gasteiger partial charge in [0.1, 0.15) is 24.6 Å². The molecule has 35 heavy (non-hydrogen) atoms. The first-order chi connectivity index (χ1) is 16.7. The van der Waals surface area contributed by atoms with E-state index in [4.69, 9.17) is 4.74 Å². The summed E-state index contributed by atoms with van der Waals surface area (Å²) in [6.07, 6.45) is 3.19. The van der Waals surface area contributed by atoms with Crippen molar-refractivity contribution >= 4 is 34.9 Å². The van der Waals surface area contributed by atoms with Crippen molar-refractivity contribution in [3.8, 4) is 17.0 Å². The number of pyridine rings is 1. The average molecular weight is 489 g/mol. The van der Waals surface area contributed by atoms with E-state index < -0.39 is 7.14 Å². The average Bonchev–Trinajstić information content (AvgIpc) is 3.38. The SMILES string of the molecule is Cc1cnc2[nH]c(-c3ccc(OC4CCN(C)C4)cc3)c(C)c2c1Nc1ccccc1P(C)(C)=O. The van der Waals surface area contributed by atoms with E-state index >= 15 is 0 Å². The van der Waals surface area contributed by atoms with Gasteiger partial charge in [-0.15, -0.1) is 0 Å². The van der Waals surface area contributed by atoms with Crippen molar-refractivity contribution < 1.29 is 9.30 Å². The number of para-hydroxylation sites is 1. The van der Waals surface area contributed by atoms with Crippen LogP contribution in [0.1, 0.15) is 17.5 Å². The minimum Gasteiger partial charge on any atom is -0.489 e. The van der Waals surface area contributed by atoms with Gasteiger partial charge in [0.25, 0.3) is 0 Å². The van der Waals surface area contributed by atoms with Crippen molar-refractivity contribution in [2.24, 2.45) is 0 Å². The molecule has 0 spiro atoms. The van der Waals surface area contributed by atoms with E-state index in [0.29, 0.717) is 0 Å². The summed E-state index contributed by atoms with van der Waals surface area (Å²) >= 11 is 0. The van der Waals surface area contributed by atoms with Gasteiger partial charge < -0.3 is 24.5 Å². The monoisotopic (exact) mass is 488 g/mol. The lowest BCUT2D eigenvalue weighted by atomic mass is 10.0. The summed E-state index contributed by atoms with van der Waals surface area (Å²) in [7, 11) is -0.312. The van der Waals surface area contributed by atoms with E-state index in [2.05, 4.69) is 46.3 Å². The molecule has 2 aromatic carbocycles. The maximum absolute atomic E-state index is 12.9. The van der Waals surface area contributed by atoms with Crippen molar-refractivity contribution in [2.45, 2.75) is 26.4 Å². The summed E-state index contributed by atoms with van der Waals surface area (Å²) in [5.41, 5.74) is 6.98. The van der Waals surface area contributed by atoms with E-state index in [-0.39, 0.29) is 6.10 Å². The Morgan fingerprint density at radius 3 is 2.54 bits per heavy atom. The number of nitrogens with one attached hydrogen (secondary N) is 2. The van der Waals surface area contributed by atoms with Gasteiger partial charge in [-0.05, 0) is 93.7 Å². The highest BCUT2D eigenvalue weighted by atomic mass is 31.2. The Morgan fingerprint density at radius 2 is 1.86 bits per heavy atom. The van der Waals surface area contributed by atoms with E-state index in [0.717, 1.165) is 75.4 Å². The van der Waals surface area contributed by atoms with Gasteiger partial charge in [0.2, 0.25) is 0 Å². The number of likely N-dealkylation sites (tertiary alicyclic amines) is 1. The lowest BCUT2D eigenvalue weighted by molar-refractivity contribution is 0.208. The number of fused-ring (bicyclic) bond motifs is 1. The molecule has 3 heterocycles. The smallest absolute Gasteiger partial charge is 0.140 e. The molecule has 7 heteroatoms. The zero-order chi connectivity index (χ0) is 24.7. The molecule has 0 radical (unpaired) electrons. The number of hydrogen-bond donors (Lipinski definition) is 2. The molecule has 1 aliphatic heterocycles. The second kappa shape index (κ2) is 9.18. The molecule has 5 rings (SSSR count). The van der Waals surface area contributed by atoms with E-state index in [1.165, 1.54) is 0 Å². The maximum Gasteiger partial charge on any atom is 0.140 e. The molecule has 1 fully saturated rings. The molecule has 6 nitrogen and oxygen atoms in total. The molecule has 2 N–H and O–H groups in total. The first-order valence-corrected chi connectivity index (χ1v) is 14.7. The minimum atomic E-state index is -2.44. The predicted octanol–water partition coefficient (Wildman–Crippen LogP) is 5.92. The van der Waals surface area contributed by atoms with Crippen molar-refractivity contribution in [3.63, 3.8) is 0 Å². The molecule has 1 atom stereocenters. The largest absolute Gasteiger partial charge is 0.489 e. The molecule has 0 bridgehead atoms. The van der Waals surface area contributed by atoms with Crippen molar-refractivity contribution in [1.82, 2.24) is 14.9 Å². The fraction of sp³-hybridized carbons (Fsp3) is 0.321. The zero-order valence-electron chi connectivity index (χ0n) is 21.1. The Labute approximate surface area is 207 Å². The van der Waals surface area contributed by atoms with Crippen LogP contribution in [0.2, 0.25) is 0 Å². The van der Waals surface area contributed by atoms with Gasteiger partial charge >= 0.3 is 0 Å². The molecule has 2 aromatic heterocycles. The number of benzene rings is 2. The number of likely N-dealkylation sites (N-methyl/N-ethyl adjacent to an activating group) is 1. The number of hydrogen-bond acceptors (Lipinski definition) is 5. The molecule has 1 aliphatic rings. The van der Waals surface area contributed by atoms with Crippen LogP contribution < -0.4 is 15.4 Å². The number of rotatable bonds is 6. The summed E-state index contributed by atoms with van der Waals surface area (Å²) in [4.78, 5) is 10.5. The second-order valence-electron chi connectivity index (χ2n) is 9.97. The van der Waals surface area contributed by atoms with Crippen molar-refractivity contribution in [3.05, 3.63) is 65.9 Å². The van der Waals surface area contributed by atoms with Crippen molar-refractivity contribution in [2.75, 3.05) is 38.8 Å². The van der Waals surface area contributed by atoms with Crippen LogP contribution in [-0.2, 0) is 4.57 Å². The Bertz CT molecular complexity index is 1420. The molecule has 4 aromatic rings. The Morgan fingerprint density at radius 1 is 1.11 bits per heavy atom. The third kappa shape index (κ3) is 4.73.